The van der Waals surface area contributed by atoms with E-state index in [1.54, 1.807) is 6.07 Å². The molecule has 0 radical (unpaired) electrons. The summed E-state index contributed by atoms with van der Waals surface area (Å²) < 4.78 is 0.0637. The van der Waals surface area contributed by atoms with Crippen molar-refractivity contribution in [3.05, 3.63) is 77.1 Å². The standard InChI is InChI=1S/C17H10BrN3O7S/c18-12-5-10(6-13(15(12)22)21(27)28)7-14-16(23)19(17(24)29-14)8-9-2-1-3-11(4-9)20(25)26/h1-7,22H,8H2/b14-7+. The third-order valence-corrected chi connectivity index (χ3v) is 5.41. The fraction of sp³-hybridized carbons (Fsp3) is 0.0588. The van der Waals surface area contributed by atoms with Gasteiger partial charge in [0.1, 0.15) is 0 Å². The summed E-state index contributed by atoms with van der Waals surface area (Å²) in [5.41, 5.74) is -0.0688. The second-order valence-electron chi connectivity index (χ2n) is 5.82. The topological polar surface area (TPSA) is 144 Å². The van der Waals surface area contributed by atoms with Gasteiger partial charge >= 0.3 is 5.69 Å². The molecule has 0 saturated carbocycles. The summed E-state index contributed by atoms with van der Waals surface area (Å²) in [7, 11) is 0. The molecule has 3 rings (SSSR count). The number of thioether (sulfide) groups is 1. The SMILES string of the molecule is O=C1S/C(=C/c2cc(Br)c(O)c([N+](=O)[O-])c2)C(=O)N1Cc1cccc([N+](=O)[O-])c1. The Kier molecular flexibility index (Phi) is 5.66. The summed E-state index contributed by atoms with van der Waals surface area (Å²) in [4.78, 5) is 46.4. The number of phenols is 1. The molecule has 1 aliphatic heterocycles. The van der Waals surface area contributed by atoms with Crippen molar-refractivity contribution in [1.29, 1.82) is 0 Å². The highest BCUT2D eigenvalue weighted by Gasteiger charge is 2.35. The normalized spacial score (nSPS) is 15.2. The first-order valence-electron chi connectivity index (χ1n) is 7.83. The molecule has 0 atom stereocenters. The molecule has 12 heteroatoms. The summed E-state index contributed by atoms with van der Waals surface area (Å²) >= 11 is 3.66. The molecule has 1 aliphatic rings. The number of halogens is 1. The highest BCUT2D eigenvalue weighted by Crippen LogP contribution is 2.38. The van der Waals surface area contributed by atoms with E-state index in [4.69, 9.17) is 0 Å². The third kappa shape index (κ3) is 4.27. The van der Waals surface area contributed by atoms with Crippen LogP contribution in [0.1, 0.15) is 11.1 Å². The predicted molar refractivity (Wildman–Crippen MR) is 107 cm³/mol. The van der Waals surface area contributed by atoms with Crippen LogP contribution in [-0.4, -0.2) is 31.0 Å². The van der Waals surface area contributed by atoms with Gasteiger partial charge in [-0.25, -0.2) is 0 Å². The summed E-state index contributed by atoms with van der Waals surface area (Å²) in [6.07, 6.45) is 1.30. The maximum Gasteiger partial charge on any atom is 0.312 e. The van der Waals surface area contributed by atoms with Crippen LogP contribution < -0.4 is 0 Å². The summed E-state index contributed by atoms with van der Waals surface area (Å²) in [5, 5.41) is 31.1. The minimum Gasteiger partial charge on any atom is -0.501 e. The van der Waals surface area contributed by atoms with Crippen LogP contribution in [0.5, 0.6) is 5.75 Å². The quantitative estimate of drug-likeness (QED) is 0.381. The highest BCUT2D eigenvalue weighted by molar-refractivity contribution is 9.10. The molecular weight excluding hydrogens is 470 g/mol. The molecule has 0 spiro atoms. The number of phenolic OH excluding ortho intramolecular Hbond substituents is 1. The Labute approximate surface area is 175 Å². The van der Waals surface area contributed by atoms with E-state index in [1.807, 2.05) is 0 Å². The molecule has 0 unspecified atom stereocenters. The number of nitro benzene ring substituents is 2. The van der Waals surface area contributed by atoms with E-state index in [2.05, 4.69) is 15.9 Å². The van der Waals surface area contributed by atoms with Gasteiger partial charge in [0.2, 0.25) is 5.75 Å². The Hall–Kier alpha value is -3.25. The second-order valence-corrected chi connectivity index (χ2v) is 7.67. The molecule has 29 heavy (non-hydrogen) atoms. The lowest BCUT2D eigenvalue weighted by atomic mass is 10.1. The molecular formula is C17H10BrN3O7S. The summed E-state index contributed by atoms with van der Waals surface area (Å²) in [6.45, 7) is -0.150. The van der Waals surface area contributed by atoms with Gasteiger partial charge in [0.25, 0.3) is 16.8 Å². The number of carbonyl (C=O) groups is 2. The van der Waals surface area contributed by atoms with E-state index in [-0.39, 0.29) is 27.2 Å². The lowest BCUT2D eigenvalue weighted by molar-refractivity contribution is -0.386. The number of benzene rings is 2. The Balaban J connectivity index is 1.88. The number of nitrogens with zero attached hydrogens (tertiary/aromatic N) is 3. The van der Waals surface area contributed by atoms with Crippen LogP contribution >= 0.6 is 27.7 Å². The molecule has 10 nitrogen and oxygen atoms in total. The summed E-state index contributed by atoms with van der Waals surface area (Å²) in [5.74, 6) is -1.18. The molecule has 1 saturated heterocycles. The maximum atomic E-state index is 12.6. The van der Waals surface area contributed by atoms with Crippen LogP contribution in [0.3, 0.4) is 0 Å². The van der Waals surface area contributed by atoms with Gasteiger partial charge in [-0.3, -0.25) is 34.7 Å². The van der Waals surface area contributed by atoms with Crippen molar-refractivity contribution < 1.29 is 24.5 Å². The van der Waals surface area contributed by atoms with Crippen LogP contribution in [0.4, 0.5) is 16.2 Å². The van der Waals surface area contributed by atoms with Gasteiger partial charge in [-0.1, -0.05) is 12.1 Å². The number of aromatic hydroxyl groups is 1. The minimum atomic E-state index is -0.772. The fourth-order valence-electron chi connectivity index (χ4n) is 2.57. The molecule has 148 valence electrons. The maximum absolute atomic E-state index is 12.6. The van der Waals surface area contributed by atoms with Gasteiger partial charge in [0.05, 0.1) is 25.8 Å². The van der Waals surface area contributed by atoms with Crippen LogP contribution in [0.25, 0.3) is 6.08 Å². The van der Waals surface area contributed by atoms with Crippen LogP contribution in [-0.2, 0) is 11.3 Å². The minimum absolute atomic E-state index is 0.0346. The van der Waals surface area contributed by atoms with Crippen molar-refractivity contribution in [2.45, 2.75) is 6.54 Å². The van der Waals surface area contributed by atoms with E-state index < -0.39 is 32.4 Å². The molecule has 0 aliphatic carbocycles. The first-order valence-corrected chi connectivity index (χ1v) is 9.44. The number of nitro groups is 2. The molecule has 2 aromatic carbocycles. The molecule has 1 heterocycles. The molecule has 2 amide bonds. The van der Waals surface area contributed by atoms with Crippen LogP contribution in [0.15, 0.2) is 45.8 Å². The Morgan fingerprint density at radius 3 is 2.52 bits per heavy atom. The van der Waals surface area contributed by atoms with Crippen molar-refractivity contribution in [1.82, 2.24) is 4.90 Å². The van der Waals surface area contributed by atoms with Crippen molar-refractivity contribution in [3.63, 3.8) is 0 Å². The van der Waals surface area contributed by atoms with E-state index in [0.29, 0.717) is 17.3 Å². The first-order chi connectivity index (χ1) is 13.7. The number of carbonyl (C=O) groups excluding carboxylic acids is 2. The zero-order valence-corrected chi connectivity index (χ0v) is 16.7. The van der Waals surface area contributed by atoms with E-state index in [9.17, 15) is 34.9 Å². The average Bonchev–Trinajstić information content (AvgIpc) is 2.92. The second kappa shape index (κ2) is 8.01. The van der Waals surface area contributed by atoms with Gasteiger partial charge in [0.15, 0.2) is 0 Å². The number of hydrogen-bond acceptors (Lipinski definition) is 8. The monoisotopic (exact) mass is 479 g/mol. The molecule has 1 fully saturated rings. The van der Waals surface area contributed by atoms with Gasteiger partial charge in [-0.05, 0) is 51.0 Å². The van der Waals surface area contributed by atoms with Crippen molar-refractivity contribution in [2.24, 2.45) is 0 Å². The van der Waals surface area contributed by atoms with E-state index in [1.165, 1.54) is 30.3 Å². The van der Waals surface area contributed by atoms with Crippen molar-refractivity contribution in [2.75, 3.05) is 0 Å². The highest BCUT2D eigenvalue weighted by atomic mass is 79.9. The van der Waals surface area contributed by atoms with Gasteiger partial charge < -0.3 is 5.11 Å². The summed E-state index contributed by atoms with van der Waals surface area (Å²) in [6, 6.07) is 8.03. The van der Waals surface area contributed by atoms with Crippen LogP contribution in [0.2, 0.25) is 0 Å². The largest absolute Gasteiger partial charge is 0.501 e. The first kappa shape index (κ1) is 20.5. The van der Waals surface area contributed by atoms with Gasteiger partial charge in [-0.2, -0.15) is 0 Å². The molecule has 0 bridgehead atoms. The number of non-ortho nitro benzene ring substituents is 1. The lowest BCUT2D eigenvalue weighted by Gasteiger charge is -2.12. The number of amides is 2. The molecule has 2 aromatic rings. The third-order valence-electron chi connectivity index (χ3n) is 3.90. The zero-order chi connectivity index (χ0) is 21.3. The molecule has 1 N–H and O–H groups in total. The Morgan fingerprint density at radius 2 is 1.86 bits per heavy atom. The Bertz CT molecular complexity index is 1100. The van der Waals surface area contributed by atoms with Crippen molar-refractivity contribution in [3.8, 4) is 5.75 Å². The fourth-order valence-corrected chi connectivity index (χ4v) is 3.87. The molecule has 0 aromatic heterocycles. The van der Waals surface area contributed by atoms with Gasteiger partial charge in [-0.15, -0.1) is 0 Å². The van der Waals surface area contributed by atoms with Crippen molar-refractivity contribution >= 4 is 56.3 Å². The van der Waals surface area contributed by atoms with E-state index >= 15 is 0 Å². The number of hydrogen-bond donors (Lipinski definition) is 1. The lowest BCUT2D eigenvalue weighted by Crippen LogP contribution is -2.27. The number of rotatable bonds is 5. The number of imide groups is 1. The van der Waals surface area contributed by atoms with Crippen LogP contribution in [0, 0.1) is 20.2 Å². The zero-order valence-electron chi connectivity index (χ0n) is 14.3. The smallest absolute Gasteiger partial charge is 0.312 e. The average molecular weight is 480 g/mol. The van der Waals surface area contributed by atoms with Gasteiger partial charge in [0, 0.05) is 18.2 Å². The van der Waals surface area contributed by atoms with E-state index in [0.717, 1.165) is 11.0 Å². The Morgan fingerprint density at radius 1 is 1.14 bits per heavy atom. The predicted octanol–water partition coefficient (Wildman–Crippen LogP) is 4.21.